The van der Waals surface area contributed by atoms with Gasteiger partial charge < -0.3 is 20.1 Å². The number of pyridine rings is 2. The normalized spacial score (nSPS) is 11.0. The minimum atomic E-state index is -0.579. The van der Waals surface area contributed by atoms with Gasteiger partial charge in [0, 0.05) is 42.7 Å². The van der Waals surface area contributed by atoms with Crippen LogP contribution >= 0.6 is 0 Å². The van der Waals surface area contributed by atoms with Crippen molar-refractivity contribution < 1.29 is 19.1 Å². The van der Waals surface area contributed by atoms with Crippen LogP contribution in [0, 0.1) is 0 Å². The number of hydrogen-bond donors (Lipinski definition) is 2. The Kier molecular flexibility index (Phi) is 11.0. The maximum atomic E-state index is 14.1. The first-order valence-electron chi connectivity index (χ1n) is 15.5. The number of hydrogen-bond acceptors (Lipinski definition) is 8. The van der Waals surface area contributed by atoms with Crippen molar-refractivity contribution in [1.82, 2.24) is 9.55 Å². The fourth-order valence-corrected chi connectivity index (χ4v) is 4.92. The summed E-state index contributed by atoms with van der Waals surface area (Å²) >= 11 is 0. The molecule has 0 unspecified atom stereocenters. The molecule has 0 spiro atoms. The summed E-state index contributed by atoms with van der Waals surface area (Å²) in [5.41, 5.74) is 3.36. The molecule has 2 amide bonds. The van der Waals surface area contributed by atoms with Gasteiger partial charge >= 0.3 is 12.0 Å². The summed E-state index contributed by atoms with van der Waals surface area (Å²) in [5.74, 6) is 0.227. The van der Waals surface area contributed by atoms with E-state index in [1.54, 1.807) is 47.2 Å². The van der Waals surface area contributed by atoms with Gasteiger partial charge in [-0.2, -0.15) is 10.2 Å². The summed E-state index contributed by atoms with van der Waals surface area (Å²) < 4.78 is 12.5. The number of unbranched alkanes of at least 4 members (excludes halogenated alkanes) is 1. The van der Waals surface area contributed by atoms with Gasteiger partial charge in [-0.05, 0) is 72.6 Å². The van der Waals surface area contributed by atoms with Crippen molar-refractivity contribution in [2.75, 3.05) is 23.8 Å². The third kappa shape index (κ3) is 8.66. The van der Waals surface area contributed by atoms with Crippen LogP contribution in [0.3, 0.4) is 0 Å². The van der Waals surface area contributed by atoms with Crippen LogP contribution in [0.25, 0.3) is 22.2 Å². The van der Waals surface area contributed by atoms with Crippen LogP contribution in [0.2, 0.25) is 0 Å². The Balaban J connectivity index is 1.43. The predicted octanol–water partition coefficient (Wildman–Crippen LogP) is 8.26. The molecular weight excluding hydrogens is 596 g/mol. The molecular formula is C36H36N6O5. The standard InChI is InChI=1S/C36H36N6O5/c1-3-4-21-42-34-31(15-9-20-37-34)32(26-11-8-14-30(24-26)47-23-10-22-46-25(2)43)33(35(42)44)39-36(45)38-27-16-18-29(19-17-27)41-40-28-12-6-5-7-13-28/h5-9,11-20,24H,3-4,10,21-23H2,1-2H3,(H2,38,39,45). The number of carbonyl (C=O) groups excluding carboxylic acids is 2. The van der Waals surface area contributed by atoms with E-state index in [1.165, 1.54) is 6.92 Å². The number of nitrogens with zero attached hydrogens (tertiary/aromatic N) is 4. The number of urea groups is 1. The number of amides is 2. The third-order valence-corrected chi connectivity index (χ3v) is 7.14. The van der Waals surface area contributed by atoms with Gasteiger partial charge in [-0.1, -0.05) is 43.7 Å². The summed E-state index contributed by atoms with van der Waals surface area (Å²) in [6.07, 6.45) is 3.82. The first-order valence-corrected chi connectivity index (χ1v) is 15.5. The molecule has 0 saturated carbocycles. The number of carbonyl (C=O) groups is 2. The zero-order valence-corrected chi connectivity index (χ0v) is 26.3. The number of benzene rings is 3. The average molecular weight is 633 g/mol. The minimum Gasteiger partial charge on any atom is -0.493 e. The van der Waals surface area contributed by atoms with Crippen LogP contribution in [-0.4, -0.2) is 34.8 Å². The Bertz CT molecular complexity index is 1920. The number of anilines is 2. The summed E-state index contributed by atoms with van der Waals surface area (Å²) in [4.78, 5) is 43.1. The molecule has 47 heavy (non-hydrogen) atoms. The molecule has 11 nitrogen and oxygen atoms in total. The lowest BCUT2D eigenvalue weighted by molar-refractivity contribution is -0.141. The summed E-state index contributed by atoms with van der Waals surface area (Å²) in [6, 6.07) is 26.7. The Morgan fingerprint density at radius 3 is 2.36 bits per heavy atom. The van der Waals surface area contributed by atoms with Crippen LogP contribution in [0.15, 0.2) is 112 Å². The highest BCUT2D eigenvalue weighted by molar-refractivity contribution is 6.07. The third-order valence-electron chi connectivity index (χ3n) is 7.14. The molecule has 3 aromatic carbocycles. The molecule has 0 fully saturated rings. The summed E-state index contributed by atoms with van der Waals surface area (Å²) in [7, 11) is 0. The van der Waals surface area contributed by atoms with Crippen LogP contribution in [-0.2, 0) is 16.1 Å². The topological polar surface area (TPSA) is 136 Å². The molecule has 0 atom stereocenters. The second-order valence-corrected chi connectivity index (χ2v) is 10.7. The molecule has 2 aromatic heterocycles. The van der Waals surface area contributed by atoms with Crippen molar-refractivity contribution in [3.63, 3.8) is 0 Å². The highest BCUT2D eigenvalue weighted by Gasteiger charge is 2.21. The van der Waals surface area contributed by atoms with Gasteiger partial charge in [0.25, 0.3) is 5.56 Å². The number of rotatable bonds is 13. The van der Waals surface area contributed by atoms with E-state index in [9.17, 15) is 14.4 Å². The smallest absolute Gasteiger partial charge is 0.323 e. The maximum Gasteiger partial charge on any atom is 0.323 e. The molecule has 11 heteroatoms. The fraction of sp³-hybridized carbons (Fsp3) is 0.222. The molecule has 0 bridgehead atoms. The Hall–Kier alpha value is -5.84. The molecule has 5 rings (SSSR count). The van der Waals surface area contributed by atoms with Crippen LogP contribution < -0.4 is 20.9 Å². The van der Waals surface area contributed by atoms with Crippen molar-refractivity contribution in [3.05, 3.63) is 108 Å². The molecule has 0 aliphatic heterocycles. The van der Waals surface area contributed by atoms with Gasteiger partial charge in [0.15, 0.2) is 0 Å². The van der Waals surface area contributed by atoms with E-state index in [2.05, 4.69) is 25.8 Å². The van der Waals surface area contributed by atoms with E-state index in [0.717, 1.165) is 18.5 Å². The predicted molar refractivity (Wildman–Crippen MR) is 183 cm³/mol. The van der Waals surface area contributed by atoms with E-state index in [1.807, 2.05) is 61.5 Å². The van der Waals surface area contributed by atoms with E-state index < -0.39 is 6.03 Å². The zero-order valence-electron chi connectivity index (χ0n) is 26.3. The molecule has 0 aliphatic rings. The van der Waals surface area contributed by atoms with Crippen LogP contribution in [0.4, 0.5) is 27.5 Å². The lowest BCUT2D eigenvalue weighted by atomic mass is 10.00. The zero-order chi connectivity index (χ0) is 33.0. The summed E-state index contributed by atoms with van der Waals surface area (Å²) in [6.45, 7) is 4.45. The van der Waals surface area contributed by atoms with Gasteiger partial charge in [0.1, 0.15) is 17.1 Å². The monoisotopic (exact) mass is 632 g/mol. The molecule has 0 saturated heterocycles. The highest BCUT2D eigenvalue weighted by atomic mass is 16.5. The molecule has 0 radical (unpaired) electrons. The molecule has 5 aromatic rings. The number of azo groups is 1. The van der Waals surface area contributed by atoms with Crippen molar-refractivity contribution in [2.24, 2.45) is 10.2 Å². The van der Waals surface area contributed by atoms with Crippen LogP contribution in [0.1, 0.15) is 33.1 Å². The number of aryl methyl sites for hydroxylation is 1. The Morgan fingerprint density at radius 2 is 1.62 bits per heavy atom. The van der Waals surface area contributed by atoms with Gasteiger partial charge in [0.2, 0.25) is 0 Å². The summed E-state index contributed by atoms with van der Waals surface area (Å²) in [5, 5.41) is 14.8. The van der Waals surface area contributed by atoms with Gasteiger partial charge in [-0.15, -0.1) is 0 Å². The SMILES string of the molecule is CCCCn1c(=O)c(NC(=O)Nc2ccc(N=Nc3ccccc3)cc2)c(-c2cccc(OCCCOC(C)=O)c2)c2cccnc21. The average Bonchev–Trinajstić information content (AvgIpc) is 3.08. The highest BCUT2D eigenvalue weighted by Crippen LogP contribution is 2.35. The van der Waals surface area contributed by atoms with E-state index in [-0.39, 0.29) is 23.8 Å². The Morgan fingerprint density at radius 1 is 0.851 bits per heavy atom. The maximum absolute atomic E-state index is 14.1. The van der Waals surface area contributed by atoms with Crippen molar-refractivity contribution in [2.45, 2.75) is 39.7 Å². The molecule has 0 aliphatic carbocycles. The largest absolute Gasteiger partial charge is 0.493 e. The van der Waals surface area contributed by atoms with Crippen LogP contribution in [0.5, 0.6) is 5.75 Å². The van der Waals surface area contributed by atoms with Crippen molar-refractivity contribution >= 4 is 45.8 Å². The lowest BCUT2D eigenvalue weighted by Crippen LogP contribution is -2.30. The Labute approximate surface area is 272 Å². The number of fused-ring (bicyclic) bond motifs is 1. The first kappa shape index (κ1) is 32.6. The fourth-order valence-electron chi connectivity index (χ4n) is 4.92. The minimum absolute atomic E-state index is 0.124. The van der Waals surface area contributed by atoms with Gasteiger partial charge in [0.05, 0.1) is 24.6 Å². The van der Waals surface area contributed by atoms with Gasteiger partial charge in [-0.25, -0.2) is 9.78 Å². The number of ether oxygens (including phenoxy) is 2. The number of nitrogens with one attached hydrogen (secondary N) is 2. The molecule has 240 valence electrons. The second-order valence-electron chi connectivity index (χ2n) is 10.7. The van der Waals surface area contributed by atoms with Crippen molar-refractivity contribution in [3.8, 4) is 16.9 Å². The number of aromatic nitrogens is 2. The quantitative estimate of drug-likeness (QED) is 0.0762. The number of esters is 1. The molecule has 2 heterocycles. The first-order chi connectivity index (χ1) is 22.9. The van der Waals surface area contributed by atoms with E-state index in [0.29, 0.717) is 58.9 Å². The van der Waals surface area contributed by atoms with E-state index >= 15 is 0 Å². The second kappa shape index (κ2) is 15.9. The van der Waals surface area contributed by atoms with Gasteiger partial charge in [-0.3, -0.25) is 14.2 Å². The van der Waals surface area contributed by atoms with E-state index in [4.69, 9.17) is 9.47 Å². The van der Waals surface area contributed by atoms with Crippen molar-refractivity contribution in [1.29, 1.82) is 0 Å². The lowest BCUT2D eigenvalue weighted by Gasteiger charge is -2.19. The molecule has 2 N–H and O–H groups in total.